The zero-order valence-corrected chi connectivity index (χ0v) is 12.6. The number of hydrogen-bond acceptors (Lipinski definition) is 1. The van der Waals surface area contributed by atoms with E-state index < -0.39 is 0 Å². The van der Waals surface area contributed by atoms with E-state index in [1.807, 2.05) is 0 Å². The summed E-state index contributed by atoms with van der Waals surface area (Å²) in [5.74, 6) is 0.974. The summed E-state index contributed by atoms with van der Waals surface area (Å²) in [7, 11) is 0. The highest BCUT2D eigenvalue weighted by Crippen LogP contribution is 2.28. The minimum absolute atomic E-state index is 0.974. The molecule has 0 aliphatic heterocycles. The van der Waals surface area contributed by atoms with Crippen LogP contribution >= 0.6 is 0 Å². The van der Waals surface area contributed by atoms with Gasteiger partial charge in [0.05, 0.1) is 0 Å². The molecule has 1 heteroatoms. The SMILES string of the molecule is CCCCCCNCCCCCCC1[CH]CCC1. The first-order valence-corrected chi connectivity index (χ1v) is 8.47. The van der Waals surface area contributed by atoms with E-state index in [1.54, 1.807) is 0 Å². The molecule has 1 fully saturated rings. The predicted octanol–water partition coefficient (Wildman–Crippen LogP) is 5.11. The second-order valence-electron chi connectivity index (χ2n) is 5.94. The van der Waals surface area contributed by atoms with E-state index in [4.69, 9.17) is 0 Å². The average molecular weight is 252 g/mol. The fourth-order valence-corrected chi connectivity index (χ4v) is 2.93. The van der Waals surface area contributed by atoms with Crippen molar-refractivity contribution in [1.29, 1.82) is 0 Å². The van der Waals surface area contributed by atoms with Crippen molar-refractivity contribution in [3.05, 3.63) is 6.42 Å². The summed E-state index contributed by atoms with van der Waals surface area (Å²) in [6.07, 6.45) is 19.5. The van der Waals surface area contributed by atoms with E-state index >= 15 is 0 Å². The zero-order chi connectivity index (χ0) is 12.9. The molecule has 1 nitrogen and oxygen atoms in total. The third kappa shape index (κ3) is 8.97. The third-order valence-corrected chi connectivity index (χ3v) is 4.16. The van der Waals surface area contributed by atoms with Gasteiger partial charge >= 0.3 is 0 Å². The van der Waals surface area contributed by atoms with Gasteiger partial charge in [-0.1, -0.05) is 64.7 Å². The van der Waals surface area contributed by atoms with Gasteiger partial charge < -0.3 is 5.32 Å². The van der Waals surface area contributed by atoms with Crippen LogP contribution in [0.2, 0.25) is 0 Å². The first-order chi connectivity index (χ1) is 8.93. The first kappa shape index (κ1) is 16.0. The topological polar surface area (TPSA) is 12.0 Å². The van der Waals surface area contributed by atoms with Crippen LogP contribution < -0.4 is 5.32 Å². The maximum absolute atomic E-state index is 3.57. The molecule has 18 heavy (non-hydrogen) atoms. The van der Waals surface area contributed by atoms with E-state index in [2.05, 4.69) is 18.7 Å². The molecule has 0 saturated heterocycles. The Bertz CT molecular complexity index is 161. The predicted molar refractivity (Wildman–Crippen MR) is 81.7 cm³/mol. The van der Waals surface area contributed by atoms with E-state index in [-0.39, 0.29) is 0 Å². The van der Waals surface area contributed by atoms with E-state index in [1.165, 1.54) is 90.1 Å². The molecule has 1 aliphatic rings. The fraction of sp³-hybridized carbons (Fsp3) is 0.941. The second kappa shape index (κ2) is 12.0. The van der Waals surface area contributed by atoms with Gasteiger partial charge in [-0.15, -0.1) is 0 Å². The summed E-state index contributed by atoms with van der Waals surface area (Å²) in [5.41, 5.74) is 0. The maximum atomic E-state index is 3.57. The van der Waals surface area contributed by atoms with Gasteiger partial charge in [-0.2, -0.15) is 0 Å². The van der Waals surface area contributed by atoms with Gasteiger partial charge in [0.25, 0.3) is 0 Å². The van der Waals surface area contributed by atoms with Gasteiger partial charge in [0, 0.05) is 0 Å². The van der Waals surface area contributed by atoms with Crippen molar-refractivity contribution in [2.45, 2.75) is 84.0 Å². The lowest BCUT2D eigenvalue weighted by atomic mass is 9.99. The highest BCUT2D eigenvalue weighted by atomic mass is 14.8. The summed E-state index contributed by atoms with van der Waals surface area (Å²) in [4.78, 5) is 0. The number of rotatable bonds is 12. The molecule has 0 heterocycles. The third-order valence-electron chi connectivity index (χ3n) is 4.16. The van der Waals surface area contributed by atoms with Crippen LogP contribution in [-0.4, -0.2) is 13.1 Å². The summed E-state index contributed by atoms with van der Waals surface area (Å²) in [6.45, 7) is 4.75. The summed E-state index contributed by atoms with van der Waals surface area (Å²) in [5, 5.41) is 3.57. The first-order valence-electron chi connectivity index (χ1n) is 8.47. The highest BCUT2D eigenvalue weighted by Gasteiger charge is 2.13. The molecular weight excluding hydrogens is 218 g/mol. The largest absolute Gasteiger partial charge is 0.317 e. The highest BCUT2D eigenvalue weighted by molar-refractivity contribution is 4.82. The molecule has 1 rings (SSSR count). The Kier molecular flexibility index (Phi) is 10.7. The van der Waals surface area contributed by atoms with E-state index in [9.17, 15) is 0 Å². The molecule has 0 aromatic rings. The van der Waals surface area contributed by atoms with Crippen LogP contribution in [0.3, 0.4) is 0 Å². The van der Waals surface area contributed by atoms with E-state index in [0.717, 1.165) is 5.92 Å². The Morgan fingerprint density at radius 3 is 2.33 bits per heavy atom. The van der Waals surface area contributed by atoms with Gasteiger partial charge in [-0.05, 0) is 44.7 Å². The Labute approximate surface area is 115 Å². The van der Waals surface area contributed by atoms with Crippen LogP contribution in [0.5, 0.6) is 0 Å². The Balaban J connectivity index is 1.68. The van der Waals surface area contributed by atoms with Crippen LogP contribution in [-0.2, 0) is 0 Å². The average Bonchev–Trinajstić information content (AvgIpc) is 2.89. The standard InChI is InChI=1S/C17H34N/c1-2-3-4-10-15-18-16-11-6-5-7-12-17-13-8-9-14-17/h13,17-18H,2-12,14-16H2,1H3. The van der Waals surface area contributed by atoms with Crippen molar-refractivity contribution in [1.82, 2.24) is 5.32 Å². The summed E-state index contributed by atoms with van der Waals surface area (Å²) >= 11 is 0. The van der Waals surface area contributed by atoms with Gasteiger partial charge in [0.1, 0.15) is 0 Å². The Hall–Kier alpha value is -0.0400. The smallest absolute Gasteiger partial charge is 0.00489 e. The zero-order valence-electron chi connectivity index (χ0n) is 12.6. The van der Waals surface area contributed by atoms with Crippen molar-refractivity contribution in [3.8, 4) is 0 Å². The van der Waals surface area contributed by atoms with Gasteiger partial charge in [-0.3, -0.25) is 0 Å². The Morgan fingerprint density at radius 2 is 1.67 bits per heavy atom. The molecule has 0 spiro atoms. The van der Waals surface area contributed by atoms with E-state index in [0.29, 0.717) is 0 Å². The van der Waals surface area contributed by atoms with Crippen LogP contribution in [0.15, 0.2) is 0 Å². The molecule has 0 aromatic carbocycles. The molecule has 1 saturated carbocycles. The molecule has 0 aromatic heterocycles. The molecule has 1 aliphatic carbocycles. The lowest BCUT2D eigenvalue weighted by Crippen LogP contribution is -2.16. The second-order valence-corrected chi connectivity index (χ2v) is 5.94. The van der Waals surface area contributed by atoms with Crippen LogP contribution in [0.25, 0.3) is 0 Å². The molecule has 1 atom stereocenters. The van der Waals surface area contributed by atoms with Gasteiger partial charge in [0.15, 0.2) is 0 Å². The maximum Gasteiger partial charge on any atom is -0.00489 e. The number of hydrogen-bond donors (Lipinski definition) is 1. The monoisotopic (exact) mass is 252 g/mol. The van der Waals surface area contributed by atoms with Crippen LogP contribution in [0.1, 0.15) is 84.0 Å². The van der Waals surface area contributed by atoms with Crippen LogP contribution in [0, 0.1) is 12.3 Å². The number of nitrogens with one attached hydrogen (secondary N) is 1. The van der Waals surface area contributed by atoms with Gasteiger partial charge in [0.2, 0.25) is 0 Å². The minimum Gasteiger partial charge on any atom is -0.317 e. The van der Waals surface area contributed by atoms with Crippen LogP contribution in [0.4, 0.5) is 0 Å². The normalized spacial score (nSPS) is 16.5. The summed E-state index contributed by atoms with van der Waals surface area (Å²) in [6, 6.07) is 0. The molecule has 1 unspecified atom stereocenters. The molecule has 0 amide bonds. The fourth-order valence-electron chi connectivity index (χ4n) is 2.93. The molecule has 0 bridgehead atoms. The quantitative estimate of drug-likeness (QED) is 0.476. The molecule has 1 N–H and O–H groups in total. The lowest BCUT2D eigenvalue weighted by molar-refractivity contribution is 0.502. The molecular formula is C17H34N. The minimum atomic E-state index is 0.974. The lowest BCUT2D eigenvalue weighted by Gasteiger charge is -2.08. The summed E-state index contributed by atoms with van der Waals surface area (Å²) < 4.78 is 0. The van der Waals surface area contributed by atoms with Crippen molar-refractivity contribution in [3.63, 3.8) is 0 Å². The Morgan fingerprint density at radius 1 is 0.944 bits per heavy atom. The van der Waals surface area contributed by atoms with Crippen molar-refractivity contribution in [2.75, 3.05) is 13.1 Å². The molecule has 107 valence electrons. The van der Waals surface area contributed by atoms with Crippen molar-refractivity contribution >= 4 is 0 Å². The molecule has 1 radical (unpaired) electrons. The van der Waals surface area contributed by atoms with Crippen molar-refractivity contribution in [2.24, 2.45) is 5.92 Å². The van der Waals surface area contributed by atoms with Crippen molar-refractivity contribution < 1.29 is 0 Å². The number of unbranched alkanes of at least 4 members (excludes halogenated alkanes) is 6. The van der Waals surface area contributed by atoms with Gasteiger partial charge in [-0.25, -0.2) is 0 Å².